The van der Waals surface area contributed by atoms with Crippen molar-refractivity contribution in [2.24, 2.45) is 4.99 Å². The first kappa shape index (κ1) is 8.05. The van der Waals surface area contributed by atoms with Crippen LogP contribution in [0.5, 0.6) is 0 Å². The van der Waals surface area contributed by atoms with Gasteiger partial charge in [-0.1, -0.05) is 19.1 Å². The van der Waals surface area contributed by atoms with Gasteiger partial charge in [-0.3, -0.25) is 0 Å². The number of rotatable bonds is 2. The SMILES string of the molecule is CC/C=C/C1=CN=CN(C)C1. The smallest absolute Gasteiger partial charge is 0.0905 e. The van der Waals surface area contributed by atoms with Gasteiger partial charge in [0.1, 0.15) is 0 Å². The molecule has 0 atom stereocenters. The van der Waals surface area contributed by atoms with Crippen molar-refractivity contribution >= 4 is 6.34 Å². The maximum absolute atomic E-state index is 4.08. The van der Waals surface area contributed by atoms with Crippen LogP contribution in [0.15, 0.2) is 28.9 Å². The van der Waals surface area contributed by atoms with Crippen LogP contribution in [0.2, 0.25) is 0 Å². The zero-order valence-corrected chi connectivity index (χ0v) is 7.12. The summed E-state index contributed by atoms with van der Waals surface area (Å²) in [5.74, 6) is 0. The predicted octanol–water partition coefficient (Wildman–Crippen LogP) is 1.81. The van der Waals surface area contributed by atoms with Crippen LogP contribution in [-0.4, -0.2) is 24.8 Å². The Morgan fingerprint density at radius 3 is 3.18 bits per heavy atom. The van der Waals surface area contributed by atoms with Crippen LogP contribution in [0.4, 0.5) is 0 Å². The number of aliphatic imine (C=N–C) groups is 1. The third-order valence-electron chi connectivity index (χ3n) is 1.50. The molecule has 0 aliphatic carbocycles. The Bertz CT molecular complexity index is 202. The molecular formula is C9H14N2. The van der Waals surface area contributed by atoms with Gasteiger partial charge in [-0.25, -0.2) is 4.99 Å². The molecule has 0 aromatic rings. The normalized spacial score (nSPS) is 17.6. The molecule has 0 spiro atoms. The van der Waals surface area contributed by atoms with E-state index < -0.39 is 0 Å². The monoisotopic (exact) mass is 150 g/mol. The molecule has 0 aromatic heterocycles. The van der Waals surface area contributed by atoms with E-state index in [1.807, 2.05) is 19.6 Å². The quantitative estimate of drug-likeness (QED) is 0.586. The van der Waals surface area contributed by atoms with E-state index in [1.165, 1.54) is 5.57 Å². The summed E-state index contributed by atoms with van der Waals surface area (Å²) in [6.45, 7) is 3.10. The summed E-state index contributed by atoms with van der Waals surface area (Å²) in [6.07, 6.45) is 9.12. The van der Waals surface area contributed by atoms with Gasteiger partial charge in [-0.2, -0.15) is 0 Å². The predicted molar refractivity (Wildman–Crippen MR) is 48.6 cm³/mol. The van der Waals surface area contributed by atoms with Gasteiger partial charge >= 0.3 is 0 Å². The molecule has 60 valence electrons. The highest BCUT2D eigenvalue weighted by atomic mass is 15.1. The summed E-state index contributed by atoms with van der Waals surface area (Å²) in [5, 5.41) is 0. The van der Waals surface area contributed by atoms with Gasteiger partial charge in [-0.15, -0.1) is 0 Å². The molecule has 0 unspecified atom stereocenters. The lowest BCUT2D eigenvalue weighted by Gasteiger charge is -2.16. The van der Waals surface area contributed by atoms with Crippen molar-refractivity contribution in [2.45, 2.75) is 13.3 Å². The summed E-state index contributed by atoms with van der Waals surface area (Å²) in [5.41, 5.74) is 1.27. The minimum atomic E-state index is 0.972. The van der Waals surface area contributed by atoms with Gasteiger partial charge in [0.15, 0.2) is 0 Å². The first-order valence-electron chi connectivity index (χ1n) is 3.92. The number of likely N-dealkylation sites (N-methyl/N-ethyl adjacent to an activating group) is 1. The largest absolute Gasteiger partial charge is 0.361 e. The molecule has 1 aliphatic rings. The Labute approximate surface area is 67.9 Å². The van der Waals surface area contributed by atoms with Crippen molar-refractivity contribution in [2.75, 3.05) is 13.6 Å². The second-order valence-electron chi connectivity index (χ2n) is 2.69. The van der Waals surface area contributed by atoms with Crippen LogP contribution < -0.4 is 0 Å². The van der Waals surface area contributed by atoms with Crippen LogP contribution in [0.3, 0.4) is 0 Å². The van der Waals surface area contributed by atoms with Crippen molar-refractivity contribution in [3.05, 3.63) is 23.9 Å². The van der Waals surface area contributed by atoms with E-state index in [9.17, 15) is 0 Å². The Morgan fingerprint density at radius 1 is 1.73 bits per heavy atom. The number of hydrogen-bond donors (Lipinski definition) is 0. The highest BCUT2D eigenvalue weighted by molar-refractivity contribution is 5.58. The van der Waals surface area contributed by atoms with Crippen LogP contribution in [-0.2, 0) is 0 Å². The van der Waals surface area contributed by atoms with Crippen LogP contribution in [0.25, 0.3) is 0 Å². The third-order valence-corrected chi connectivity index (χ3v) is 1.50. The Kier molecular flexibility index (Phi) is 2.90. The van der Waals surface area contributed by atoms with Crippen molar-refractivity contribution in [3.63, 3.8) is 0 Å². The fraction of sp³-hybridized carbons (Fsp3) is 0.444. The molecule has 0 saturated heterocycles. The minimum absolute atomic E-state index is 0.972. The fourth-order valence-electron chi connectivity index (χ4n) is 0.977. The van der Waals surface area contributed by atoms with E-state index in [4.69, 9.17) is 0 Å². The lowest BCUT2D eigenvalue weighted by atomic mass is 10.2. The summed E-state index contributed by atoms with van der Waals surface area (Å²) in [7, 11) is 2.02. The van der Waals surface area contributed by atoms with Gasteiger partial charge < -0.3 is 4.90 Å². The standard InChI is InChI=1S/C9H14N2/c1-3-4-5-9-6-10-8-11(2)7-9/h4-6,8H,3,7H2,1-2H3/b5-4+. The van der Waals surface area contributed by atoms with Crippen molar-refractivity contribution in [1.29, 1.82) is 0 Å². The minimum Gasteiger partial charge on any atom is -0.361 e. The van der Waals surface area contributed by atoms with Gasteiger partial charge in [0, 0.05) is 19.8 Å². The molecule has 11 heavy (non-hydrogen) atoms. The first-order valence-corrected chi connectivity index (χ1v) is 3.92. The Hall–Kier alpha value is -1.05. The fourth-order valence-corrected chi connectivity index (χ4v) is 0.977. The average Bonchev–Trinajstić information content (AvgIpc) is 2.01. The lowest BCUT2D eigenvalue weighted by Crippen LogP contribution is -2.20. The zero-order valence-electron chi connectivity index (χ0n) is 7.12. The number of hydrogen-bond acceptors (Lipinski definition) is 2. The van der Waals surface area contributed by atoms with E-state index in [1.54, 1.807) is 0 Å². The molecule has 0 N–H and O–H groups in total. The lowest BCUT2D eigenvalue weighted by molar-refractivity contribution is 0.563. The van der Waals surface area contributed by atoms with Gasteiger partial charge in [0.05, 0.1) is 6.34 Å². The van der Waals surface area contributed by atoms with E-state index in [2.05, 4.69) is 29.0 Å². The topological polar surface area (TPSA) is 15.6 Å². The van der Waals surface area contributed by atoms with Crippen LogP contribution in [0, 0.1) is 0 Å². The third kappa shape index (κ3) is 2.58. The molecule has 0 amide bonds. The summed E-state index contributed by atoms with van der Waals surface area (Å²) >= 11 is 0. The van der Waals surface area contributed by atoms with Crippen LogP contribution >= 0.6 is 0 Å². The molecular weight excluding hydrogens is 136 g/mol. The van der Waals surface area contributed by atoms with Crippen molar-refractivity contribution in [3.8, 4) is 0 Å². The maximum Gasteiger partial charge on any atom is 0.0905 e. The highest BCUT2D eigenvalue weighted by Gasteiger charge is 1.99. The molecule has 0 saturated carbocycles. The maximum atomic E-state index is 4.08. The zero-order chi connectivity index (χ0) is 8.10. The average molecular weight is 150 g/mol. The molecule has 0 fully saturated rings. The summed E-state index contributed by atoms with van der Waals surface area (Å²) < 4.78 is 0. The molecule has 1 aliphatic heterocycles. The number of allylic oxidation sites excluding steroid dienone is 1. The van der Waals surface area contributed by atoms with E-state index in [0.717, 1.165) is 13.0 Å². The second-order valence-corrected chi connectivity index (χ2v) is 2.69. The molecule has 1 rings (SSSR count). The second kappa shape index (κ2) is 3.96. The van der Waals surface area contributed by atoms with Gasteiger partial charge in [-0.05, 0) is 12.0 Å². The van der Waals surface area contributed by atoms with E-state index in [0.29, 0.717) is 0 Å². The first-order chi connectivity index (χ1) is 5.33. The number of nitrogens with zero attached hydrogens (tertiary/aromatic N) is 2. The molecule has 2 heteroatoms. The summed E-state index contributed by atoms with van der Waals surface area (Å²) in [4.78, 5) is 6.14. The van der Waals surface area contributed by atoms with Crippen molar-refractivity contribution in [1.82, 2.24) is 4.90 Å². The summed E-state index contributed by atoms with van der Waals surface area (Å²) in [6, 6.07) is 0. The Balaban J connectivity index is 2.52. The molecule has 1 heterocycles. The Morgan fingerprint density at radius 2 is 2.55 bits per heavy atom. The van der Waals surface area contributed by atoms with Gasteiger partial charge in [0.25, 0.3) is 0 Å². The molecule has 2 nitrogen and oxygen atoms in total. The van der Waals surface area contributed by atoms with E-state index >= 15 is 0 Å². The highest BCUT2D eigenvalue weighted by Crippen LogP contribution is 2.03. The van der Waals surface area contributed by atoms with Gasteiger partial charge in [0.2, 0.25) is 0 Å². The molecule has 0 aromatic carbocycles. The van der Waals surface area contributed by atoms with E-state index in [-0.39, 0.29) is 0 Å². The van der Waals surface area contributed by atoms with Crippen LogP contribution in [0.1, 0.15) is 13.3 Å². The molecule has 0 radical (unpaired) electrons. The van der Waals surface area contributed by atoms with Crippen molar-refractivity contribution < 1.29 is 0 Å². The molecule has 0 bridgehead atoms.